The summed E-state index contributed by atoms with van der Waals surface area (Å²) < 4.78 is 19.6. The van der Waals surface area contributed by atoms with Crippen LogP contribution < -0.4 is 0 Å². The second-order valence-corrected chi connectivity index (χ2v) is 5.67. The van der Waals surface area contributed by atoms with Gasteiger partial charge in [0, 0.05) is 6.20 Å². The molecule has 0 saturated carbocycles. The zero-order chi connectivity index (χ0) is 22.1. The monoisotopic (exact) mass is 416 g/mol. The average Bonchev–Trinajstić information content (AvgIpc) is 2.77. The summed E-state index contributed by atoms with van der Waals surface area (Å²) in [6, 6.07) is 5.18. The van der Waals surface area contributed by atoms with E-state index in [-0.39, 0.29) is 48.0 Å². The smallest absolute Gasteiger partial charge is 0.356 e. The summed E-state index contributed by atoms with van der Waals surface area (Å²) >= 11 is 0. The average molecular weight is 416 g/mol. The largest absolute Gasteiger partial charge is 0.464 e. The number of esters is 4. The number of ether oxygens (including phenoxy) is 4. The van der Waals surface area contributed by atoms with E-state index >= 15 is 0 Å². The van der Waals surface area contributed by atoms with Crippen molar-refractivity contribution in [2.75, 3.05) is 20.3 Å². The lowest BCUT2D eigenvalue weighted by Gasteiger charge is -2.09. The van der Waals surface area contributed by atoms with Crippen LogP contribution >= 0.6 is 0 Å². The lowest BCUT2D eigenvalue weighted by Crippen LogP contribution is -2.14. The van der Waals surface area contributed by atoms with Crippen molar-refractivity contribution in [1.29, 1.82) is 0 Å². The lowest BCUT2D eigenvalue weighted by atomic mass is 10.2. The number of carbonyl (C=O) groups is 4. The minimum atomic E-state index is -0.761. The highest BCUT2D eigenvalue weighted by Crippen LogP contribution is 2.12. The molecule has 2 rings (SSSR count). The third-order valence-electron chi connectivity index (χ3n) is 3.62. The van der Waals surface area contributed by atoms with Gasteiger partial charge in [0.2, 0.25) is 0 Å². The highest BCUT2D eigenvalue weighted by molar-refractivity contribution is 5.95. The maximum Gasteiger partial charge on any atom is 0.356 e. The van der Waals surface area contributed by atoms with Crippen molar-refractivity contribution in [3.05, 3.63) is 58.7 Å². The molecule has 0 saturated heterocycles. The van der Waals surface area contributed by atoms with Gasteiger partial charge in [0.25, 0.3) is 0 Å². The van der Waals surface area contributed by atoms with E-state index in [1.807, 2.05) is 0 Å². The third-order valence-corrected chi connectivity index (χ3v) is 3.62. The number of carbonyl (C=O) groups excluding carboxylic acids is 4. The molecule has 0 N–H and O–H groups in total. The highest BCUT2D eigenvalue weighted by Gasteiger charge is 2.18. The number of aromatic nitrogens is 2. The Kier molecular flexibility index (Phi) is 7.98. The van der Waals surface area contributed by atoms with Gasteiger partial charge in [-0.3, -0.25) is 0 Å². The Hall–Kier alpha value is -3.82. The van der Waals surface area contributed by atoms with Crippen molar-refractivity contribution in [1.82, 2.24) is 9.97 Å². The Labute approximate surface area is 172 Å². The summed E-state index contributed by atoms with van der Waals surface area (Å²) in [5.74, 6) is -2.85. The van der Waals surface area contributed by atoms with E-state index in [2.05, 4.69) is 14.7 Å². The molecule has 0 radical (unpaired) electrons. The molecule has 10 heteroatoms. The predicted octanol–water partition coefficient (Wildman–Crippen LogP) is 1.97. The molecule has 0 amide bonds. The second-order valence-electron chi connectivity index (χ2n) is 5.67. The molecule has 2 aromatic heterocycles. The van der Waals surface area contributed by atoms with E-state index in [9.17, 15) is 19.2 Å². The van der Waals surface area contributed by atoms with E-state index in [1.54, 1.807) is 13.8 Å². The quantitative estimate of drug-likeness (QED) is 0.465. The van der Waals surface area contributed by atoms with Crippen LogP contribution in [0.25, 0.3) is 0 Å². The van der Waals surface area contributed by atoms with Gasteiger partial charge in [-0.1, -0.05) is 0 Å². The fourth-order valence-corrected chi connectivity index (χ4v) is 2.30. The van der Waals surface area contributed by atoms with E-state index in [1.165, 1.54) is 37.6 Å². The van der Waals surface area contributed by atoms with Crippen LogP contribution in [0.5, 0.6) is 0 Å². The molecule has 158 valence electrons. The van der Waals surface area contributed by atoms with E-state index in [0.29, 0.717) is 0 Å². The van der Waals surface area contributed by atoms with Crippen molar-refractivity contribution >= 4 is 23.9 Å². The van der Waals surface area contributed by atoms with Gasteiger partial charge in [-0.05, 0) is 38.1 Å². The molecule has 0 aliphatic carbocycles. The van der Waals surface area contributed by atoms with Gasteiger partial charge in [-0.25, -0.2) is 29.1 Å². The predicted molar refractivity (Wildman–Crippen MR) is 101 cm³/mol. The standard InChI is InChI=1S/C20H20N2O8/c1-4-28-18(24)13-8-14(22-16(10-13)20(26)29-5-2)11-30-17(23)12-6-7-21-15(9-12)19(25)27-3/h6-10H,4-5,11H2,1-3H3. The van der Waals surface area contributed by atoms with Gasteiger partial charge < -0.3 is 18.9 Å². The van der Waals surface area contributed by atoms with Crippen molar-refractivity contribution in [2.45, 2.75) is 20.5 Å². The molecule has 2 aromatic rings. The van der Waals surface area contributed by atoms with E-state index in [4.69, 9.17) is 14.2 Å². The number of methoxy groups -OCH3 is 1. The van der Waals surface area contributed by atoms with Gasteiger partial charge in [-0.2, -0.15) is 0 Å². The lowest BCUT2D eigenvalue weighted by molar-refractivity contribution is 0.0467. The van der Waals surface area contributed by atoms with E-state index in [0.717, 1.165) is 0 Å². The van der Waals surface area contributed by atoms with Crippen molar-refractivity contribution in [3.63, 3.8) is 0 Å². The zero-order valence-corrected chi connectivity index (χ0v) is 16.7. The van der Waals surface area contributed by atoms with Crippen LogP contribution in [0.3, 0.4) is 0 Å². The van der Waals surface area contributed by atoms with Crippen LogP contribution in [-0.4, -0.2) is 54.2 Å². The summed E-state index contributed by atoms with van der Waals surface area (Å²) in [7, 11) is 1.19. The first kappa shape index (κ1) is 22.5. The van der Waals surface area contributed by atoms with Crippen LogP contribution in [0, 0.1) is 0 Å². The maximum absolute atomic E-state index is 12.3. The summed E-state index contributed by atoms with van der Waals surface area (Å²) in [6.45, 7) is 3.20. The highest BCUT2D eigenvalue weighted by atomic mass is 16.5. The molecule has 0 atom stereocenters. The van der Waals surface area contributed by atoms with Crippen LogP contribution in [0.1, 0.15) is 61.2 Å². The number of hydrogen-bond acceptors (Lipinski definition) is 10. The van der Waals surface area contributed by atoms with Crippen LogP contribution in [0.15, 0.2) is 30.5 Å². The SMILES string of the molecule is CCOC(=O)c1cc(COC(=O)c2ccnc(C(=O)OC)c2)nc(C(=O)OCC)c1. The van der Waals surface area contributed by atoms with Gasteiger partial charge in [-0.15, -0.1) is 0 Å². The molecule has 2 heterocycles. The van der Waals surface area contributed by atoms with Gasteiger partial charge in [0.15, 0.2) is 0 Å². The molecule has 0 unspecified atom stereocenters. The van der Waals surface area contributed by atoms with Gasteiger partial charge >= 0.3 is 23.9 Å². The molecule has 0 spiro atoms. The van der Waals surface area contributed by atoms with Gasteiger partial charge in [0.05, 0.1) is 37.1 Å². The molecular formula is C20H20N2O8. The first-order chi connectivity index (χ1) is 14.4. The number of hydrogen-bond donors (Lipinski definition) is 0. The van der Waals surface area contributed by atoms with Gasteiger partial charge in [0.1, 0.15) is 18.0 Å². The summed E-state index contributed by atoms with van der Waals surface area (Å²) in [6.07, 6.45) is 1.27. The number of pyridine rings is 2. The summed E-state index contributed by atoms with van der Waals surface area (Å²) in [5.41, 5.74) is 0.0962. The zero-order valence-electron chi connectivity index (χ0n) is 16.7. The van der Waals surface area contributed by atoms with E-state index < -0.39 is 23.9 Å². The first-order valence-corrected chi connectivity index (χ1v) is 8.96. The van der Waals surface area contributed by atoms with Crippen LogP contribution in [-0.2, 0) is 25.6 Å². The minimum Gasteiger partial charge on any atom is -0.464 e. The summed E-state index contributed by atoms with van der Waals surface area (Å²) in [4.78, 5) is 55.8. The Bertz CT molecular complexity index is 921. The van der Waals surface area contributed by atoms with Crippen LogP contribution in [0.2, 0.25) is 0 Å². The fourth-order valence-electron chi connectivity index (χ4n) is 2.30. The molecule has 0 fully saturated rings. The maximum atomic E-state index is 12.3. The first-order valence-electron chi connectivity index (χ1n) is 8.96. The molecule has 0 aliphatic heterocycles. The van der Waals surface area contributed by atoms with Crippen molar-refractivity contribution in [3.8, 4) is 0 Å². The van der Waals surface area contributed by atoms with Crippen LogP contribution in [0.4, 0.5) is 0 Å². The Morgan fingerprint density at radius 1 is 0.800 bits per heavy atom. The molecule has 0 aliphatic rings. The second kappa shape index (κ2) is 10.6. The summed E-state index contributed by atoms with van der Waals surface area (Å²) in [5, 5.41) is 0. The fraction of sp³-hybridized carbons (Fsp3) is 0.300. The van der Waals surface area contributed by atoms with Crippen molar-refractivity contribution < 1.29 is 38.1 Å². The molecule has 0 aromatic carbocycles. The molecule has 30 heavy (non-hydrogen) atoms. The molecule has 0 bridgehead atoms. The Morgan fingerprint density at radius 3 is 2.10 bits per heavy atom. The minimum absolute atomic E-state index is 0.0565. The normalized spacial score (nSPS) is 10.1. The number of rotatable bonds is 8. The third kappa shape index (κ3) is 5.84. The number of nitrogens with zero attached hydrogens (tertiary/aromatic N) is 2. The topological polar surface area (TPSA) is 131 Å². The molecular weight excluding hydrogens is 396 g/mol. The molecule has 10 nitrogen and oxygen atoms in total. The van der Waals surface area contributed by atoms with Crippen molar-refractivity contribution in [2.24, 2.45) is 0 Å². The Balaban J connectivity index is 2.22. The Morgan fingerprint density at radius 2 is 1.43 bits per heavy atom.